The van der Waals surface area contributed by atoms with E-state index in [0.29, 0.717) is 0 Å². The average Bonchev–Trinajstić information content (AvgIpc) is 2.45. The first-order chi connectivity index (χ1) is 6.75. The molecular formula is C12H11NO. The first-order valence-electron chi connectivity index (χ1n) is 4.46. The third-order valence-corrected chi connectivity index (χ3v) is 2.38. The first kappa shape index (κ1) is 8.75. The number of fused-ring (bicyclic) bond motifs is 1. The molecule has 1 aromatic carbocycles. The van der Waals surface area contributed by atoms with E-state index < -0.39 is 0 Å². The topological polar surface area (TPSA) is 20.3 Å². The molecule has 0 saturated carbocycles. The fourth-order valence-corrected chi connectivity index (χ4v) is 1.68. The molecule has 0 fully saturated rings. The number of anilines is 1. The van der Waals surface area contributed by atoms with Gasteiger partial charge in [0, 0.05) is 18.2 Å². The average molecular weight is 185 g/mol. The van der Waals surface area contributed by atoms with Gasteiger partial charge in [-0.2, -0.15) is 0 Å². The van der Waals surface area contributed by atoms with E-state index >= 15 is 0 Å². The Morgan fingerprint density at radius 2 is 2.07 bits per heavy atom. The Bertz CT molecular complexity index is 432. The molecule has 1 aliphatic rings. The van der Waals surface area contributed by atoms with Gasteiger partial charge in [0.25, 0.3) is 5.91 Å². The van der Waals surface area contributed by atoms with Crippen LogP contribution in [0.2, 0.25) is 0 Å². The van der Waals surface area contributed by atoms with Gasteiger partial charge >= 0.3 is 0 Å². The normalized spacial score (nSPS) is 17.4. The Kier molecular flexibility index (Phi) is 1.97. The molecule has 0 radical (unpaired) electrons. The molecule has 1 amide bonds. The van der Waals surface area contributed by atoms with Crippen molar-refractivity contribution in [2.24, 2.45) is 0 Å². The highest BCUT2D eigenvalue weighted by molar-refractivity contribution is 6.32. The predicted octanol–water partition coefficient (Wildman–Crippen LogP) is 2.23. The van der Waals surface area contributed by atoms with E-state index in [2.05, 4.69) is 6.58 Å². The van der Waals surface area contributed by atoms with Gasteiger partial charge in [-0.05, 0) is 12.1 Å². The van der Waals surface area contributed by atoms with Crippen LogP contribution in [-0.4, -0.2) is 13.0 Å². The second-order valence-corrected chi connectivity index (χ2v) is 3.20. The van der Waals surface area contributed by atoms with E-state index in [0.717, 1.165) is 16.8 Å². The van der Waals surface area contributed by atoms with Gasteiger partial charge in [-0.1, -0.05) is 30.9 Å². The van der Waals surface area contributed by atoms with Gasteiger partial charge in [-0.15, -0.1) is 0 Å². The van der Waals surface area contributed by atoms with Gasteiger partial charge in [-0.3, -0.25) is 4.79 Å². The summed E-state index contributed by atoms with van der Waals surface area (Å²) in [6.07, 6.45) is 3.40. The van der Waals surface area contributed by atoms with Crippen molar-refractivity contribution in [1.82, 2.24) is 0 Å². The van der Waals surface area contributed by atoms with Crippen molar-refractivity contribution in [3.63, 3.8) is 0 Å². The highest BCUT2D eigenvalue weighted by Gasteiger charge is 2.28. The molecule has 2 rings (SSSR count). The lowest BCUT2D eigenvalue weighted by molar-refractivity contribution is -0.112. The standard InChI is InChI=1S/C12H11NO/c1-3-6-10-9-7-4-5-8-11(9)13(2)12(10)14/h3-8H,1H2,2H3/b10-6-. The lowest BCUT2D eigenvalue weighted by Crippen LogP contribution is -2.20. The monoisotopic (exact) mass is 185 g/mol. The van der Waals surface area contributed by atoms with Crippen LogP contribution in [-0.2, 0) is 4.79 Å². The SMILES string of the molecule is C=C/C=C1\C(=O)N(C)c2ccccc21. The number of amides is 1. The van der Waals surface area contributed by atoms with E-state index in [9.17, 15) is 4.79 Å². The Hall–Kier alpha value is -1.83. The molecular weight excluding hydrogens is 174 g/mol. The third kappa shape index (κ3) is 1.08. The Morgan fingerprint density at radius 1 is 1.36 bits per heavy atom. The zero-order chi connectivity index (χ0) is 10.1. The third-order valence-electron chi connectivity index (χ3n) is 2.38. The molecule has 0 bridgehead atoms. The molecule has 14 heavy (non-hydrogen) atoms. The van der Waals surface area contributed by atoms with Crippen LogP contribution in [0.1, 0.15) is 5.56 Å². The molecule has 0 spiro atoms. The van der Waals surface area contributed by atoms with Gasteiger partial charge < -0.3 is 4.90 Å². The second kappa shape index (κ2) is 3.14. The van der Waals surface area contributed by atoms with E-state index in [1.807, 2.05) is 24.3 Å². The van der Waals surface area contributed by atoms with E-state index in [1.54, 1.807) is 24.1 Å². The number of hydrogen-bond donors (Lipinski definition) is 0. The Labute approximate surface area is 83.2 Å². The van der Waals surface area contributed by atoms with Crippen molar-refractivity contribution in [2.45, 2.75) is 0 Å². The summed E-state index contributed by atoms with van der Waals surface area (Å²) in [7, 11) is 1.78. The fourth-order valence-electron chi connectivity index (χ4n) is 1.68. The van der Waals surface area contributed by atoms with Crippen LogP contribution < -0.4 is 4.90 Å². The minimum absolute atomic E-state index is 0.0334. The van der Waals surface area contributed by atoms with Crippen molar-refractivity contribution >= 4 is 17.2 Å². The molecule has 1 aliphatic heterocycles. The Morgan fingerprint density at radius 3 is 2.79 bits per heavy atom. The molecule has 2 heteroatoms. The molecule has 0 aromatic heterocycles. The van der Waals surface area contributed by atoms with Crippen LogP contribution in [0.15, 0.2) is 43.0 Å². The lowest BCUT2D eigenvalue weighted by Gasteiger charge is -2.07. The number of hydrogen-bond acceptors (Lipinski definition) is 1. The van der Waals surface area contributed by atoms with Crippen molar-refractivity contribution in [3.05, 3.63) is 48.6 Å². The van der Waals surface area contributed by atoms with Crippen molar-refractivity contribution in [2.75, 3.05) is 11.9 Å². The van der Waals surface area contributed by atoms with Crippen LogP contribution in [0.4, 0.5) is 5.69 Å². The molecule has 70 valence electrons. The molecule has 0 saturated heterocycles. The number of nitrogens with zero attached hydrogens (tertiary/aromatic N) is 1. The predicted molar refractivity (Wildman–Crippen MR) is 58.0 cm³/mol. The fraction of sp³-hybridized carbons (Fsp3) is 0.0833. The highest BCUT2D eigenvalue weighted by Crippen LogP contribution is 2.34. The summed E-state index contributed by atoms with van der Waals surface area (Å²) in [5.41, 5.74) is 2.67. The number of carbonyl (C=O) groups is 1. The maximum absolute atomic E-state index is 11.8. The van der Waals surface area contributed by atoms with Gasteiger partial charge in [0.2, 0.25) is 0 Å². The number of rotatable bonds is 1. The van der Waals surface area contributed by atoms with Gasteiger partial charge in [0.15, 0.2) is 0 Å². The minimum Gasteiger partial charge on any atom is -0.311 e. The molecule has 2 nitrogen and oxygen atoms in total. The molecule has 0 atom stereocenters. The largest absolute Gasteiger partial charge is 0.311 e. The number of benzene rings is 1. The van der Waals surface area contributed by atoms with Crippen molar-refractivity contribution in [3.8, 4) is 0 Å². The zero-order valence-corrected chi connectivity index (χ0v) is 8.03. The molecule has 0 unspecified atom stereocenters. The van der Waals surface area contributed by atoms with E-state index in [1.165, 1.54) is 0 Å². The van der Waals surface area contributed by atoms with Crippen molar-refractivity contribution in [1.29, 1.82) is 0 Å². The van der Waals surface area contributed by atoms with Crippen LogP contribution >= 0.6 is 0 Å². The number of allylic oxidation sites excluding steroid dienone is 2. The van der Waals surface area contributed by atoms with Crippen molar-refractivity contribution < 1.29 is 4.79 Å². The first-order valence-corrected chi connectivity index (χ1v) is 4.46. The van der Waals surface area contributed by atoms with Crippen LogP contribution in [0, 0.1) is 0 Å². The summed E-state index contributed by atoms with van der Waals surface area (Å²) >= 11 is 0. The number of carbonyl (C=O) groups excluding carboxylic acids is 1. The smallest absolute Gasteiger partial charge is 0.258 e. The highest BCUT2D eigenvalue weighted by atomic mass is 16.2. The number of likely N-dealkylation sites (N-methyl/N-ethyl adjacent to an activating group) is 1. The van der Waals surface area contributed by atoms with Crippen LogP contribution in [0.5, 0.6) is 0 Å². The minimum atomic E-state index is 0.0334. The van der Waals surface area contributed by atoms with Gasteiger partial charge in [0.1, 0.15) is 0 Å². The maximum Gasteiger partial charge on any atom is 0.258 e. The summed E-state index contributed by atoms with van der Waals surface area (Å²) < 4.78 is 0. The second-order valence-electron chi connectivity index (χ2n) is 3.20. The molecule has 1 heterocycles. The van der Waals surface area contributed by atoms with E-state index in [4.69, 9.17) is 0 Å². The summed E-state index contributed by atoms with van der Waals surface area (Å²) in [5, 5.41) is 0. The summed E-state index contributed by atoms with van der Waals surface area (Å²) in [6, 6.07) is 7.75. The molecule has 1 aromatic rings. The molecule has 0 aliphatic carbocycles. The lowest BCUT2D eigenvalue weighted by atomic mass is 10.1. The van der Waals surface area contributed by atoms with Gasteiger partial charge in [-0.25, -0.2) is 0 Å². The van der Waals surface area contributed by atoms with E-state index in [-0.39, 0.29) is 5.91 Å². The maximum atomic E-state index is 11.8. The van der Waals surface area contributed by atoms with Crippen LogP contribution in [0.3, 0.4) is 0 Å². The summed E-state index contributed by atoms with van der Waals surface area (Å²) in [6.45, 7) is 3.61. The summed E-state index contributed by atoms with van der Waals surface area (Å²) in [4.78, 5) is 13.4. The van der Waals surface area contributed by atoms with Crippen LogP contribution in [0.25, 0.3) is 5.57 Å². The Balaban J connectivity index is 2.64. The summed E-state index contributed by atoms with van der Waals surface area (Å²) in [5.74, 6) is 0.0334. The quantitative estimate of drug-likeness (QED) is 0.614. The molecule has 0 N–H and O–H groups in total. The number of para-hydroxylation sites is 1. The van der Waals surface area contributed by atoms with Gasteiger partial charge in [0.05, 0.1) is 5.69 Å². The zero-order valence-electron chi connectivity index (χ0n) is 8.03.